The number of hydrogen-bond acceptors (Lipinski definition) is 9. The van der Waals surface area contributed by atoms with Crippen LogP contribution in [-0.2, 0) is 15.7 Å². The molecule has 8 rings (SSSR count). The number of aliphatic hydroxyl groups is 1. The standard InChI is InChI=1S/C30H28F3N5O5/c1-16-14-40-11-10-20(16)38-21-8-4-3-7-19(21)34-28(38)42-17-12-23(29(39)15-41-29)37(13-17)26-25-24(35-27(36-26)30(31,32)33)18-6-2-5-9-22(18)43-25/h2-9,16-17,20,23,39H,10-15H2,1H3/t16-,17+,20-,23+,29?/m1/s1. The Labute approximate surface area is 243 Å². The highest BCUT2D eigenvalue weighted by molar-refractivity contribution is 6.05. The van der Waals surface area contributed by atoms with Crippen molar-refractivity contribution in [1.82, 2.24) is 19.5 Å². The summed E-state index contributed by atoms with van der Waals surface area (Å²) in [7, 11) is 0. The number of epoxide rings is 1. The van der Waals surface area contributed by atoms with Gasteiger partial charge in [0.15, 0.2) is 11.4 Å². The molecule has 5 atom stereocenters. The van der Waals surface area contributed by atoms with E-state index in [1.54, 1.807) is 29.2 Å². The van der Waals surface area contributed by atoms with Crippen molar-refractivity contribution in [3.63, 3.8) is 0 Å². The van der Waals surface area contributed by atoms with Crippen molar-refractivity contribution in [3.05, 3.63) is 54.4 Å². The second-order valence-electron chi connectivity index (χ2n) is 11.6. The average molecular weight is 596 g/mol. The van der Waals surface area contributed by atoms with E-state index in [0.717, 1.165) is 17.5 Å². The van der Waals surface area contributed by atoms with Crippen molar-refractivity contribution < 1.29 is 36.9 Å². The summed E-state index contributed by atoms with van der Waals surface area (Å²) in [4.78, 5) is 14.2. The summed E-state index contributed by atoms with van der Waals surface area (Å²) in [5, 5.41) is 11.6. The minimum absolute atomic E-state index is 0.0411. The molecular weight excluding hydrogens is 567 g/mol. The SMILES string of the molecule is C[C@@H]1COCC[C@H]1n1c(O[C@H]2C[C@@H](C3(O)CO3)N(c3nc(C(F)(F)F)nc4c3oc3ccccc34)C2)nc2ccccc21. The Morgan fingerprint density at radius 1 is 1.07 bits per heavy atom. The highest BCUT2D eigenvalue weighted by atomic mass is 19.4. The lowest BCUT2D eigenvalue weighted by molar-refractivity contribution is -0.144. The zero-order valence-electron chi connectivity index (χ0n) is 23.1. The molecule has 0 radical (unpaired) electrons. The molecule has 224 valence electrons. The number of nitrogens with zero attached hydrogens (tertiary/aromatic N) is 5. The van der Waals surface area contributed by atoms with E-state index in [4.69, 9.17) is 23.6 Å². The highest BCUT2D eigenvalue weighted by Crippen LogP contribution is 2.44. The molecule has 5 aromatic rings. The van der Waals surface area contributed by atoms with Crippen molar-refractivity contribution in [2.45, 2.75) is 49.9 Å². The van der Waals surface area contributed by atoms with E-state index in [1.165, 1.54) is 0 Å². The molecule has 0 bridgehead atoms. The number of halogens is 3. The van der Waals surface area contributed by atoms with Crippen LogP contribution in [0.1, 0.15) is 31.6 Å². The zero-order valence-corrected chi connectivity index (χ0v) is 23.1. The quantitative estimate of drug-likeness (QED) is 0.278. The minimum Gasteiger partial charge on any atom is -0.459 e. The van der Waals surface area contributed by atoms with Gasteiger partial charge >= 0.3 is 6.18 Å². The molecule has 10 nitrogen and oxygen atoms in total. The number of benzene rings is 2. The van der Waals surface area contributed by atoms with E-state index in [0.29, 0.717) is 30.2 Å². The van der Waals surface area contributed by atoms with Crippen molar-refractivity contribution in [2.75, 3.05) is 31.3 Å². The maximum Gasteiger partial charge on any atom is 0.451 e. The molecule has 3 aliphatic rings. The molecule has 0 spiro atoms. The van der Waals surface area contributed by atoms with E-state index in [9.17, 15) is 18.3 Å². The smallest absolute Gasteiger partial charge is 0.451 e. The molecule has 2 aromatic carbocycles. The van der Waals surface area contributed by atoms with Crippen LogP contribution in [0, 0.1) is 5.92 Å². The number of fused-ring (bicyclic) bond motifs is 4. The Hall–Kier alpha value is -3.94. The van der Waals surface area contributed by atoms with Crippen LogP contribution in [0.3, 0.4) is 0 Å². The lowest BCUT2D eigenvalue weighted by Crippen LogP contribution is -2.42. The van der Waals surface area contributed by atoms with Gasteiger partial charge in [-0.2, -0.15) is 18.2 Å². The maximum absolute atomic E-state index is 14.1. The Kier molecular flexibility index (Phi) is 5.91. The molecule has 13 heteroatoms. The summed E-state index contributed by atoms with van der Waals surface area (Å²) in [6.45, 7) is 3.51. The third-order valence-electron chi connectivity index (χ3n) is 8.71. The van der Waals surface area contributed by atoms with Crippen LogP contribution in [0.4, 0.5) is 19.0 Å². The van der Waals surface area contributed by atoms with Crippen LogP contribution in [-0.4, -0.2) is 68.9 Å². The molecule has 0 aliphatic carbocycles. The fourth-order valence-electron chi connectivity index (χ4n) is 6.54. The van der Waals surface area contributed by atoms with Crippen LogP contribution in [0.2, 0.25) is 0 Å². The number of rotatable bonds is 5. The van der Waals surface area contributed by atoms with Gasteiger partial charge in [0, 0.05) is 30.4 Å². The van der Waals surface area contributed by atoms with Crippen molar-refractivity contribution in [1.29, 1.82) is 0 Å². The van der Waals surface area contributed by atoms with Gasteiger partial charge < -0.3 is 28.6 Å². The highest BCUT2D eigenvalue weighted by Gasteiger charge is 2.57. The van der Waals surface area contributed by atoms with Crippen LogP contribution in [0.15, 0.2) is 52.9 Å². The molecule has 0 saturated carbocycles. The first-order valence-corrected chi connectivity index (χ1v) is 14.3. The first-order valence-electron chi connectivity index (χ1n) is 14.3. The van der Waals surface area contributed by atoms with Gasteiger partial charge in [0.25, 0.3) is 6.01 Å². The predicted molar refractivity (Wildman–Crippen MR) is 149 cm³/mol. The number of hydrogen-bond donors (Lipinski definition) is 1. The number of anilines is 1. The molecule has 6 heterocycles. The third kappa shape index (κ3) is 4.40. The predicted octanol–water partition coefficient (Wildman–Crippen LogP) is 5.09. The molecule has 43 heavy (non-hydrogen) atoms. The number of para-hydroxylation sites is 3. The number of alkyl halides is 3. The summed E-state index contributed by atoms with van der Waals surface area (Å²) in [5.74, 6) is -2.70. The molecule has 0 amide bonds. The van der Waals surface area contributed by atoms with E-state index < -0.39 is 29.9 Å². The van der Waals surface area contributed by atoms with Gasteiger partial charge in [-0.1, -0.05) is 31.2 Å². The molecular formula is C30H28F3N5O5. The first-order chi connectivity index (χ1) is 20.7. The Bertz CT molecular complexity index is 1850. The molecule has 3 saturated heterocycles. The van der Waals surface area contributed by atoms with Crippen molar-refractivity contribution in [2.24, 2.45) is 5.92 Å². The minimum atomic E-state index is -4.80. The third-order valence-corrected chi connectivity index (χ3v) is 8.71. The number of aromatic nitrogens is 4. The van der Waals surface area contributed by atoms with Gasteiger partial charge in [0.2, 0.25) is 11.6 Å². The van der Waals surface area contributed by atoms with E-state index in [-0.39, 0.29) is 48.4 Å². The van der Waals surface area contributed by atoms with Gasteiger partial charge in [0.05, 0.1) is 30.2 Å². The van der Waals surface area contributed by atoms with E-state index in [1.807, 2.05) is 24.3 Å². The largest absolute Gasteiger partial charge is 0.459 e. The Balaban J connectivity index is 1.21. The monoisotopic (exact) mass is 595 g/mol. The van der Waals surface area contributed by atoms with Crippen molar-refractivity contribution >= 4 is 38.9 Å². The summed E-state index contributed by atoms with van der Waals surface area (Å²) in [6.07, 6.45) is -4.30. The lowest BCUT2D eigenvalue weighted by Gasteiger charge is -2.31. The maximum atomic E-state index is 14.1. The molecule has 3 aliphatic heterocycles. The average Bonchev–Trinajstić information content (AvgIpc) is 3.31. The van der Waals surface area contributed by atoms with Crippen molar-refractivity contribution in [3.8, 4) is 6.01 Å². The van der Waals surface area contributed by atoms with Gasteiger partial charge in [-0.15, -0.1) is 0 Å². The fourth-order valence-corrected chi connectivity index (χ4v) is 6.54. The van der Waals surface area contributed by atoms with Crippen LogP contribution in [0.25, 0.3) is 33.1 Å². The zero-order chi connectivity index (χ0) is 29.5. The molecule has 1 unspecified atom stereocenters. The summed E-state index contributed by atoms with van der Waals surface area (Å²) < 4.78 is 68.0. The summed E-state index contributed by atoms with van der Waals surface area (Å²) in [5.41, 5.74) is 2.25. The van der Waals surface area contributed by atoms with Crippen LogP contribution >= 0.6 is 0 Å². The normalized spacial score (nSPS) is 27.9. The molecule has 3 aromatic heterocycles. The Morgan fingerprint density at radius 3 is 2.65 bits per heavy atom. The number of furan rings is 1. The van der Waals surface area contributed by atoms with Gasteiger partial charge in [-0.05, 0) is 30.7 Å². The van der Waals surface area contributed by atoms with Gasteiger partial charge in [0.1, 0.15) is 23.8 Å². The second kappa shape index (κ2) is 9.53. The van der Waals surface area contributed by atoms with Crippen LogP contribution in [0.5, 0.6) is 6.01 Å². The fraction of sp³-hybridized carbons (Fsp3) is 0.433. The van der Waals surface area contributed by atoms with E-state index in [2.05, 4.69) is 21.5 Å². The topological polar surface area (TPSA) is 111 Å². The molecule has 1 N–H and O–H groups in total. The summed E-state index contributed by atoms with van der Waals surface area (Å²) in [6, 6.07) is 14.3. The Morgan fingerprint density at radius 2 is 1.86 bits per heavy atom. The van der Waals surface area contributed by atoms with E-state index >= 15 is 0 Å². The molecule has 3 fully saturated rings. The van der Waals surface area contributed by atoms with Gasteiger partial charge in [-0.3, -0.25) is 4.57 Å². The second-order valence-corrected chi connectivity index (χ2v) is 11.6. The van der Waals surface area contributed by atoms with Crippen LogP contribution < -0.4 is 9.64 Å². The summed E-state index contributed by atoms with van der Waals surface area (Å²) >= 11 is 0. The lowest BCUT2D eigenvalue weighted by atomic mass is 9.97. The number of imidazole rings is 1. The first kappa shape index (κ1) is 26.7. The number of ether oxygens (including phenoxy) is 3. The van der Waals surface area contributed by atoms with Gasteiger partial charge in [-0.25, -0.2) is 9.97 Å².